The molecule has 0 spiro atoms. The number of ether oxygens (including phenoxy) is 1. The Hall–Kier alpha value is -2.39. The van der Waals surface area contributed by atoms with Crippen molar-refractivity contribution in [3.63, 3.8) is 0 Å². The van der Waals surface area contributed by atoms with Gasteiger partial charge in [-0.1, -0.05) is 31.4 Å². The lowest BCUT2D eigenvalue weighted by atomic mass is 9.99. The van der Waals surface area contributed by atoms with Crippen LogP contribution in [0.1, 0.15) is 55.3 Å². The summed E-state index contributed by atoms with van der Waals surface area (Å²) >= 11 is 0. The van der Waals surface area contributed by atoms with Gasteiger partial charge in [0.15, 0.2) is 17.4 Å². The molecule has 2 fully saturated rings. The van der Waals surface area contributed by atoms with E-state index in [9.17, 15) is 26.4 Å². The molecule has 1 heterocycles. The number of hydrogen-bond donors (Lipinski definition) is 0. The predicted molar refractivity (Wildman–Crippen MR) is 123 cm³/mol. The van der Waals surface area contributed by atoms with Gasteiger partial charge in [0.25, 0.3) is 0 Å². The van der Waals surface area contributed by atoms with E-state index in [1.807, 2.05) is 0 Å². The quantitative estimate of drug-likeness (QED) is 0.487. The number of nitrogens with zero attached hydrogens (tertiary/aromatic N) is 1. The first-order valence-corrected chi connectivity index (χ1v) is 13.2. The Labute approximate surface area is 198 Å². The van der Waals surface area contributed by atoms with Crippen molar-refractivity contribution in [1.82, 2.24) is 4.31 Å². The molecule has 1 saturated heterocycles. The highest BCUT2D eigenvalue weighted by molar-refractivity contribution is 7.89. The topological polar surface area (TPSA) is 63.7 Å². The number of sulfonamides is 1. The molecule has 4 rings (SSSR count). The fraction of sp³-hybridized carbons (Fsp3) is 0.480. The van der Waals surface area contributed by atoms with Crippen LogP contribution in [0, 0.1) is 23.4 Å². The molecule has 5 nitrogen and oxygen atoms in total. The van der Waals surface area contributed by atoms with E-state index in [0.717, 1.165) is 37.5 Å². The number of carbonyl (C=O) groups is 1. The lowest BCUT2D eigenvalue weighted by Crippen LogP contribution is -2.44. The summed E-state index contributed by atoms with van der Waals surface area (Å²) in [5, 5.41) is -0.296. The second-order valence-corrected chi connectivity index (χ2v) is 11.3. The fourth-order valence-corrected chi connectivity index (χ4v) is 6.87. The highest BCUT2D eigenvalue weighted by Crippen LogP contribution is 2.32. The van der Waals surface area contributed by atoms with E-state index >= 15 is 0 Å². The number of benzene rings is 2. The van der Waals surface area contributed by atoms with Gasteiger partial charge in [-0.05, 0) is 55.4 Å². The molecule has 1 aliphatic carbocycles. The lowest BCUT2D eigenvalue weighted by Gasteiger charge is -2.34. The van der Waals surface area contributed by atoms with Crippen LogP contribution in [0.25, 0.3) is 11.1 Å². The molecule has 1 saturated carbocycles. The van der Waals surface area contributed by atoms with Crippen molar-refractivity contribution in [2.75, 3.05) is 19.7 Å². The minimum Gasteiger partial charge on any atom is -0.487 e. The Morgan fingerprint density at radius 3 is 2.15 bits per heavy atom. The van der Waals surface area contributed by atoms with E-state index in [1.54, 1.807) is 4.31 Å². The molecule has 1 aliphatic heterocycles. The third-order valence-corrected chi connectivity index (χ3v) is 9.21. The van der Waals surface area contributed by atoms with Crippen molar-refractivity contribution in [2.45, 2.75) is 50.2 Å². The fourth-order valence-electron chi connectivity index (χ4n) is 4.80. The first-order chi connectivity index (χ1) is 16.3. The molecule has 0 amide bonds. The zero-order chi connectivity index (χ0) is 24.3. The van der Waals surface area contributed by atoms with E-state index in [-0.39, 0.29) is 34.5 Å². The Bertz CT molecular complexity index is 1120. The molecule has 2 aromatic rings. The summed E-state index contributed by atoms with van der Waals surface area (Å²) in [4.78, 5) is 10.8. The number of rotatable bonds is 7. The van der Waals surface area contributed by atoms with Gasteiger partial charge in [-0.3, -0.25) is 4.79 Å². The SMILES string of the molecule is O=Cc1ccc(-c2cc(F)c(OCC3CCN(S(=O)(=O)C4CCCCC4)CC3)c(F)c2)c(F)c1. The smallest absolute Gasteiger partial charge is 0.216 e. The zero-order valence-corrected chi connectivity index (χ0v) is 19.6. The minimum atomic E-state index is -3.31. The van der Waals surface area contributed by atoms with Crippen molar-refractivity contribution >= 4 is 16.3 Å². The number of hydrogen-bond acceptors (Lipinski definition) is 4. The number of aldehydes is 1. The van der Waals surface area contributed by atoms with Crippen molar-refractivity contribution in [1.29, 1.82) is 0 Å². The molecule has 34 heavy (non-hydrogen) atoms. The standard InChI is InChI=1S/C25H28F3NO4S/c26-22-12-18(15-30)6-7-21(22)19-13-23(27)25(24(28)14-19)33-16-17-8-10-29(11-9-17)34(31,32)20-4-2-1-3-5-20/h6-7,12-15,17,20H,1-5,8-11,16H2. The molecule has 184 valence electrons. The molecule has 0 aromatic heterocycles. The van der Waals surface area contributed by atoms with Gasteiger partial charge >= 0.3 is 0 Å². The average Bonchev–Trinajstić information content (AvgIpc) is 2.84. The van der Waals surface area contributed by atoms with E-state index in [4.69, 9.17) is 4.74 Å². The van der Waals surface area contributed by atoms with Crippen LogP contribution in [0.5, 0.6) is 5.75 Å². The van der Waals surface area contributed by atoms with Gasteiger partial charge in [-0.15, -0.1) is 0 Å². The minimum absolute atomic E-state index is 0.00136. The maximum absolute atomic E-state index is 14.6. The molecule has 0 bridgehead atoms. The molecule has 0 radical (unpaired) electrons. The summed E-state index contributed by atoms with van der Waals surface area (Å²) in [7, 11) is -3.31. The van der Waals surface area contributed by atoms with Gasteiger partial charge in [0, 0.05) is 24.2 Å². The highest BCUT2D eigenvalue weighted by Gasteiger charge is 2.35. The monoisotopic (exact) mass is 495 g/mol. The van der Waals surface area contributed by atoms with Crippen LogP contribution in [0.15, 0.2) is 30.3 Å². The Kier molecular flexibility index (Phi) is 7.62. The zero-order valence-electron chi connectivity index (χ0n) is 18.8. The third kappa shape index (κ3) is 5.30. The van der Waals surface area contributed by atoms with E-state index in [1.165, 1.54) is 12.1 Å². The van der Waals surface area contributed by atoms with Crippen LogP contribution >= 0.6 is 0 Å². The summed E-state index contributed by atoms with van der Waals surface area (Å²) in [5.74, 6) is -3.22. The van der Waals surface area contributed by atoms with Crippen molar-refractivity contribution in [2.24, 2.45) is 5.92 Å². The first-order valence-electron chi connectivity index (χ1n) is 11.7. The normalized spacial score (nSPS) is 18.7. The van der Waals surface area contributed by atoms with Crippen LogP contribution in [0.3, 0.4) is 0 Å². The number of halogens is 3. The summed E-state index contributed by atoms with van der Waals surface area (Å²) < 4.78 is 76.2. The lowest BCUT2D eigenvalue weighted by molar-refractivity contribution is 0.112. The van der Waals surface area contributed by atoms with E-state index in [2.05, 4.69) is 0 Å². The molecule has 2 aromatic carbocycles. The second kappa shape index (κ2) is 10.5. The molecular weight excluding hydrogens is 467 g/mol. The van der Waals surface area contributed by atoms with Crippen LogP contribution in [-0.4, -0.2) is 44.0 Å². The average molecular weight is 496 g/mol. The highest BCUT2D eigenvalue weighted by atomic mass is 32.2. The van der Waals surface area contributed by atoms with Crippen LogP contribution in [0.4, 0.5) is 13.2 Å². The Morgan fingerprint density at radius 1 is 0.912 bits per heavy atom. The van der Waals surface area contributed by atoms with Crippen molar-refractivity contribution < 1.29 is 31.1 Å². The maximum atomic E-state index is 14.6. The molecule has 0 N–H and O–H groups in total. The largest absolute Gasteiger partial charge is 0.487 e. The molecule has 0 unspecified atom stereocenters. The second-order valence-electron chi connectivity index (χ2n) is 9.08. The Morgan fingerprint density at radius 2 is 1.56 bits per heavy atom. The van der Waals surface area contributed by atoms with E-state index < -0.39 is 33.2 Å². The molecule has 9 heteroatoms. The van der Waals surface area contributed by atoms with Gasteiger partial charge in [-0.25, -0.2) is 25.9 Å². The van der Waals surface area contributed by atoms with Gasteiger partial charge in [-0.2, -0.15) is 0 Å². The van der Waals surface area contributed by atoms with Gasteiger partial charge in [0.1, 0.15) is 12.1 Å². The third-order valence-electron chi connectivity index (χ3n) is 6.81. The maximum Gasteiger partial charge on any atom is 0.216 e. The summed E-state index contributed by atoms with van der Waals surface area (Å²) in [5.41, 5.74) is 0.0970. The van der Waals surface area contributed by atoms with Gasteiger partial charge in [0.05, 0.1) is 11.9 Å². The van der Waals surface area contributed by atoms with E-state index in [0.29, 0.717) is 45.1 Å². The Balaban J connectivity index is 1.37. The summed E-state index contributed by atoms with van der Waals surface area (Å²) in [6.45, 7) is 0.826. The van der Waals surface area contributed by atoms with Crippen molar-refractivity contribution in [3.8, 4) is 16.9 Å². The summed E-state index contributed by atoms with van der Waals surface area (Å²) in [6.07, 6.45) is 6.00. The van der Waals surface area contributed by atoms with Crippen LogP contribution in [-0.2, 0) is 10.0 Å². The summed E-state index contributed by atoms with van der Waals surface area (Å²) in [6, 6.07) is 5.66. The van der Waals surface area contributed by atoms with Gasteiger partial charge < -0.3 is 4.74 Å². The van der Waals surface area contributed by atoms with Crippen LogP contribution < -0.4 is 4.74 Å². The molecule has 2 aliphatic rings. The predicted octanol–water partition coefficient (Wildman–Crippen LogP) is 5.34. The number of piperidine rings is 1. The van der Waals surface area contributed by atoms with Gasteiger partial charge in [0.2, 0.25) is 10.0 Å². The molecular formula is C25H28F3NO4S. The van der Waals surface area contributed by atoms with Crippen LogP contribution in [0.2, 0.25) is 0 Å². The first kappa shape index (κ1) is 24.7. The molecule has 0 atom stereocenters. The number of carbonyl (C=O) groups excluding carboxylic acids is 1. The van der Waals surface area contributed by atoms with Crippen molar-refractivity contribution in [3.05, 3.63) is 53.3 Å².